The minimum absolute atomic E-state index is 0.0412. The van der Waals surface area contributed by atoms with E-state index in [0.29, 0.717) is 21.7 Å². The maximum absolute atomic E-state index is 13.6. The number of halogens is 1. The fraction of sp³-hybridized carbons (Fsp3) is 0.296. The number of rotatable bonds is 8. The summed E-state index contributed by atoms with van der Waals surface area (Å²) in [6, 6.07) is 12.8. The normalized spacial score (nSPS) is 15.7. The Bertz CT molecular complexity index is 1280. The summed E-state index contributed by atoms with van der Waals surface area (Å²) in [5, 5.41) is 11.6. The molecule has 0 saturated carbocycles. The number of thiazole rings is 1. The Morgan fingerprint density at radius 2 is 1.71 bits per heavy atom. The molecule has 0 saturated heterocycles. The molecule has 3 aromatic rings. The fourth-order valence-corrected chi connectivity index (χ4v) is 5.38. The van der Waals surface area contributed by atoms with Crippen molar-refractivity contribution in [2.75, 3.05) is 18.0 Å². The second-order valence-electron chi connectivity index (χ2n) is 8.46. The molecule has 35 heavy (non-hydrogen) atoms. The van der Waals surface area contributed by atoms with E-state index in [0.717, 1.165) is 23.8 Å². The standard InChI is InChI=1S/C27H28FN3O3S/c1-5-30(6-2)21-13-9-19(10-14-21)23-22(24(32)26-16(3)29-17(4)35-26)25(33)27(34)31(23)15-18-7-11-20(28)12-8-18/h7-14,23,33H,5-6,15H2,1-4H3. The van der Waals surface area contributed by atoms with Crippen LogP contribution in [0.1, 0.15) is 51.4 Å². The molecule has 0 spiro atoms. The number of aryl methyl sites for hydroxylation is 2. The van der Waals surface area contributed by atoms with Gasteiger partial charge in [0.15, 0.2) is 5.76 Å². The molecule has 6 nitrogen and oxygen atoms in total. The van der Waals surface area contributed by atoms with Crippen LogP contribution in [-0.4, -0.2) is 39.8 Å². The lowest BCUT2D eigenvalue weighted by molar-refractivity contribution is -0.130. The second kappa shape index (κ2) is 10.00. The molecule has 182 valence electrons. The summed E-state index contributed by atoms with van der Waals surface area (Å²) >= 11 is 1.24. The van der Waals surface area contributed by atoms with Crippen molar-refractivity contribution in [2.24, 2.45) is 0 Å². The van der Waals surface area contributed by atoms with Crippen molar-refractivity contribution in [3.8, 4) is 0 Å². The predicted octanol–water partition coefficient (Wildman–Crippen LogP) is 5.52. The molecular formula is C27H28FN3O3S. The number of hydrogen-bond acceptors (Lipinski definition) is 6. The van der Waals surface area contributed by atoms with E-state index in [-0.39, 0.29) is 17.9 Å². The molecule has 1 unspecified atom stereocenters. The number of aliphatic hydroxyl groups excluding tert-OH is 1. The molecule has 1 aliphatic heterocycles. The second-order valence-corrected chi connectivity index (χ2v) is 9.67. The largest absolute Gasteiger partial charge is 0.503 e. The summed E-state index contributed by atoms with van der Waals surface area (Å²) in [5.41, 5.74) is 3.04. The van der Waals surface area contributed by atoms with Crippen molar-refractivity contribution < 1.29 is 19.1 Å². The number of aromatic nitrogens is 1. The van der Waals surface area contributed by atoms with E-state index in [1.54, 1.807) is 19.1 Å². The zero-order valence-electron chi connectivity index (χ0n) is 20.2. The molecule has 1 N–H and O–H groups in total. The van der Waals surface area contributed by atoms with Gasteiger partial charge in [0.2, 0.25) is 5.78 Å². The predicted molar refractivity (Wildman–Crippen MR) is 135 cm³/mol. The molecule has 2 aromatic carbocycles. The van der Waals surface area contributed by atoms with Gasteiger partial charge in [0.25, 0.3) is 5.91 Å². The highest BCUT2D eigenvalue weighted by atomic mass is 32.1. The van der Waals surface area contributed by atoms with Gasteiger partial charge < -0.3 is 14.9 Å². The van der Waals surface area contributed by atoms with E-state index in [4.69, 9.17) is 0 Å². The number of ketones is 1. The first-order valence-electron chi connectivity index (χ1n) is 11.6. The van der Waals surface area contributed by atoms with Crippen molar-refractivity contribution in [3.63, 3.8) is 0 Å². The Morgan fingerprint density at radius 3 is 2.26 bits per heavy atom. The van der Waals surface area contributed by atoms with E-state index in [1.165, 1.54) is 28.4 Å². The highest BCUT2D eigenvalue weighted by molar-refractivity contribution is 7.14. The Hall–Kier alpha value is -3.52. The van der Waals surface area contributed by atoms with Crippen molar-refractivity contribution in [2.45, 2.75) is 40.3 Å². The Morgan fingerprint density at radius 1 is 1.09 bits per heavy atom. The maximum atomic E-state index is 13.6. The van der Waals surface area contributed by atoms with Crippen LogP contribution in [0.4, 0.5) is 10.1 Å². The first-order valence-corrected chi connectivity index (χ1v) is 12.4. The zero-order chi connectivity index (χ0) is 25.3. The minimum atomic E-state index is -0.785. The smallest absolute Gasteiger partial charge is 0.290 e. The van der Waals surface area contributed by atoms with Gasteiger partial charge in [-0.15, -0.1) is 11.3 Å². The highest BCUT2D eigenvalue weighted by Crippen LogP contribution is 2.41. The summed E-state index contributed by atoms with van der Waals surface area (Å²) in [6.07, 6.45) is 0. The van der Waals surface area contributed by atoms with Crippen LogP contribution < -0.4 is 4.90 Å². The molecule has 0 bridgehead atoms. The van der Waals surface area contributed by atoms with E-state index >= 15 is 0 Å². The number of hydrogen-bond donors (Lipinski definition) is 1. The number of carbonyl (C=O) groups is 2. The third-order valence-corrected chi connectivity index (χ3v) is 7.33. The van der Waals surface area contributed by atoms with Gasteiger partial charge in [-0.3, -0.25) is 9.59 Å². The van der Waals surface area contributed by atoms with E-state index in [2.05, 4.69) is 23.7 Å². The fourth-order valence-electron chi connectivity index (χ4n) is 4.50. The van der Waals surface area contributed by atoms with Gasteiger partial charge in [0, 0.05) is 25.3 Å². The Balaban J connectivity index is 1.79. The number of amides is 1. The summed E-state index contributed by atoms with van der Waals surface area (Å²) in [5.74, 6) is -1.97. The number of anilines is 1. The molecule has 4 rings (SSSR count). The maximum Gasteiger partial charge on any atom is 0.290 e. The third-order valence-electron chi connectivity index (χ3n) is 6.26. The lowest BCUT2D eigenvalue weighted by atomic mass is 9.94. The SMILES string of the molecule is CCN(CC)c1ccc(C2C(C(=O)c3sc(C)nc3C)=C(O)C(=O)N2Cc2ccc(F)cc2)cc1. The molecule has 1 atom stereocenters. The average Bonchev–Trinajstić information content (AvgIpc) is 3.31. The van der Waals surface area contributed by atoms with E-state index in [1.807, 2.05) is 31.2 Å². The quantitative estimate of drug-likeness (QED) is 0.418. The number of carbonyl (C=O) groups excluding carboxylic acids is 2. The Labute approximate surface area is 208 Å². The van der Waals surface area contributed by atoms with Crippen molar-refractivity contribution >= 4 is 28.7 Å². The third kappa shape index (κ3) is 4.71. The van der Waals surface area contributed by atoms with Crippen LogP contribution in [-0.2, 0) is 11.3 Å². The van der Waals surface area contributed by atoms with Gasteiger partial charge in [0.1, 0.15) is 5.82 Å². The van der Waals surface area contributed by atoms with Gasteiger partial charge in [-0.25, -0.2) is 9.37 Å². The molecule has 0 fully saturated rings. The van der Waals surface area contributed by atoms with Crippen LogP contribution in [0.5, 0.6) is 0 Å². The average molecular weight is 494 g/mol. The van der Waals surface area contributed by atoms with Crippen molar-refractivity contribution in [1.82, 2.24) is 9.88 Å². The zero-order valence-corrected chi connectivity index (χ0v) is 21.0. The number of aliphatic hydroxyl groups is 1. The van der Waals surface area contributed by atoms with Crippen LogP contribution in [0.2, 0.25) is 0 Å². The minimum Gasteiger partial charge on any atom is -0.503 e. The summed E-state index contributed by atoms with van der Waals surface area (Å²) in [4.78, 5) is 35.3. The van der Waals surface area contributed by atoms with Gasteiger partial charge in [-0.1, -0.05) is 24.3 Å². The summed E-state index contributed by atoms with van der Waals surface area (Å²) in [7, 11) is 0. The molecule has 2 heterocycles. The number of Topliss-reactive ketones (excluding diaryl/α,β-unsaturated/α-hetero) is 1. The van der Waals surface area contributed by atoms with Crippen LogP contribution >= 0.6 is 11.3 Å². The van der Waals surface area contributed by atoms with Gasteiger partial charge in [-0.05, 0) is 63.1 Å². The van der Waals surface area contributed by atoms with Crippen molar-refractivity contribution in [3.05, 3.63) is 92.4 Å². The monoisotopic (exact) mass is 493 g/mol. The van der Waals surface area contributed by atoms with Gasteiger partial charge in [0.05, 0.1) is 27.2 Å². The molecule has 1 amide bonds. The number of nitrogens with zero attached hydrogens (tertiary/aromatic N) is 3. The molecule has 0 radical (unpaired) electrons. The van der Waals surface area contributed by atoms with Crippen LogP contribution in [0.3, 0.4) is 0 Å². The molecule has 0 aliphatic carbocycles. The van der Waals surface area contributed by atoms with E-state index in [9.17, 15) is 19.1 Å². The Kier molecular flexibility index (Phi) is 7.03. The number of benzene rings is 2. The first kappa shape index (κ1) is 24.6. The lowest BCUT2D eigenvalue weighted by Crippen LogP contribution is -2.30. The van der Waals surface area contributed by atoms with Gasteiger partial charge >= 0.3 is 0 Å². The first-order chi connectivity index (χ1) is 16.7. The summed E-state index contributed by atoms with van der Waals surface area (Å²) < 4.78 is 13.5. The lowest BCUT2D eigenvalue weighted by Gasteiger charge is -2.28. The molecule has 8 heteroatoms. The van der Waals surface area contributed by atoms with E-state index < -0.39 is 23.5 Å². The van der Waals surface area contributed by atoms with Gasteiger partial charge in [-0.2, -0.15) is 0 Å². The van der Waals surface area contributed by atoms with Crippen molar-refractivity contribution in [1.29, 1.82) is 0 Å². The van der Waals surface area contributed by atoms with Crippen LogP contribution in [0, 0.1) is 19.7 Å². The highest BCUT2D eigenvalue weighted by Gasteiger charge is 2.44. The molecule has 1 aromatic heterocycles. The molecular weight excluding hydrogens is 465 g/mol. The van der Waals surface area contributed by atoms with Crippen LogP contribution in [0.25, 0.3) is 0 Å². The van der Waals surface area contributed by atoms with Crippen LogP contribution in [0.15, 0.2) is 59.9 Å². The summed E-state index contributed by atoms with van der Waals surface area (Å²) in [6.45, 7) is 9.53. The molecule has 1 aliphatic rings. The topological polar surface area (TPSA) is 73.7 Å².